The first kappa shape index (κ1) is 22.2. The van der Waals surface area contributed by atoms with Gasteiger partial charge in [-0.2, -0.15) is 12.7 Å². The SMILES string of the molecule is CC[n+]1c(C)[nH]c2c(CCCCS(=O)(=O)O)c(S(=O)(=O)N3CCOCC3)ccc21. The molecule has 0 bridgehead atoms. The molecule has 2 aromatic rings. The van der Waals surface area contributed by atoms with Crippen LogP contribution < -0.4 is 4.57 Å². The summed E-state index contributed by atoms with van der Waals surface area (Å²) in [4.78, 5) is 3.55. The van der Waals surface area contributed by atoms with Gasteiger partial charge in [-0.3, -0.25) is 4.55 Å². The molecule has 162 valence electrons. The van der Waals surface area contributed by atoms with Gasteiger partial charge >= 0.3 is 0 Å². The second kappa shape index (κ2) is 8.68. The zero-order valence-corrected chi connectivity index (χ0v) is 18.4. The molecule has 0 amide bonds. The third-order valence-corrected chi connectivity index (χ3v) is 8.02. The van der Waals surface area contributed by atoms with Crippen molar-refractivity contribution in [1.29, 1.82) is 0 Å². The van der Waals surface area contributed by atoms with Crippen molar-refractivity contribution in [3.05, 3.63) is 23.5 Å². The summed E-state index contributed by atoms with van der Waals surface area (Å²) in [7, 11) is -7.74. The first-order chi connectivity index (χ1) is 13.6. The number of aromatic amines is 1. The van der Waals surface area contributed by atoms with Crippen LogP contribution in [0.3, 0.4) is 0 Å². The molecule has 1 aromatic heterocycles. The van der Waals surface area contributed by atoms with Gasteiger partial charge in [0, 0.05) is 25.6 Å². The van der Waals surface area contributed by atoms with Crippen molar-refractivity contribution in [2.75, 3.05) is 32.1 Å². The highest BCUT2D eigenvalue weighted by Crippen LogP contribution is 2.28. The summed E-state index contributed by atoms with van der Waals surface area (Å²) in [5.74, 6) is 0.579. The Morgan fingerprint density at radius 3 is 2.48 bits per heavy atom. The summed E-state index contributed by atoms with van der Waals surface area (Å²) in [6.45, 7) is 6.03. The monoisotopic (exact) mass is 446 g/mol. The minimum atomic E-state index is -4.04. The number of sulfonamides is 1. The Hall–Kier alpha value is -1.53. The maximum atomic E-state index is 13.3. The van der Waals surface area contributed by atoms with Crippen molar-refractivity contribution in [3.8, 4) is 0 Å². The van der Waals surface area contributed by atoms with Crippen molar-refractivity contribution in [2.24, 2.45) is 0 Å². The Labute approximate surface area is 171 Å². The van der Waals surface area contributed by atoms with Gasteiger partial charge in [0.1, 0.15) is 0 Å². The van der Waals surface area contributed by atoms with Crippen LogP contribution in [0.1, 0.15) is 31.2 Å². The summed E-state index contributed by atoms with van der Waals surface area (Å²) in [6.07, 6.45) is 1.07. The molecule has 0 spiro atoms. The molecular formula is C18H28N3O6S2+. The highest BCUT2D eigenvalue weighted by Gasteiger charge is 2.31. The van der Waals surface area contributed by atoms with E-state index in [1.54, 1.807) is 6.07 Å². The average molecular weight is 447 g/mol. The number of nitrogens with zero attached hydrogens (tertiary/aromatic N) is 2. The van der Waals surface area contributed by atoms with Gasteiger partial charge in [0.2, 0.25) is 10.0 Å². The molecule has 1 saturated heterocycles. The summed E-state index contributed by atoms with van der Waals surface area (Å²) < 4.78 is 66.4. The number of H-pyrrole nitrogens is 1. The number of morpholine rings is 1. The molecular weight excluding hydrogens is 418 g/mol. The van der Waals surface area contributed by atoms with Crippen LogP contribution in [0.4, 0.5) is 0 Å². The zero-order chi connectivity index (χ0) is 21.2. The van der Waals surface area contributed by atoms with Crippen molar-refractivity contribution >= 4 is 31.2 Å². The van der Waals surface area contributed by atoms with Gasteiger partial charge in [-0.1, -0.05) is 0 Å². The maximum Gasteiger partial charge on any atom is 0.264 e. The summed E-state index contributed by atoms with van der Waals surface area (Å²) >= 11 is 0. The highest BCUT2D eigenvalue weighted by atomic mass is 32.2. The van der Waals surface area contributed by atoms with E-state index in [-0.39, 0.29) is 17.1 Å². The molecule has 1 aliphatic rings. The van der Waals surface area contributed by atoms with Crippen molar-refractivity contribution in [3.63, 3.8) is 0 Å². The van der Waals surface area contributed by atoms with Gasteiger partial charge in [0.15, 0.2) is 11.0 Å². The average Bonchev–Trinajstić information content (AvgIpc) is 3.00. The van der Waals surface area contributed by atoms with Gasteiger partial charge < -0.3 is 4.74 Å². The largest absolute Gasteiger partial charge is 0.379 e. The fourth-order valence-electron chi connectivity index (χ4n) is 3.82. The van der Waals surface area contributed by atoms with Gasteiger partial charge in [0.05, 0.1) is 30.4 Å². The van der Waals surface area contributed by atoms with Gasteiger partial charge in [-0.25, -0.2) is 18.0 Å². The van der Waals surface area contributed by atoms with E-state index in [2.05, 4.69) is 9.55 Å². The van der Waals surface area contributed by atoms with Crippen molar-refractivity contribution in [1.82, 2.24) is 9.29 Å². The Balaban J connectivity index is 2.03. The number of unbranched alkanes of at least 4 members (excludes halogenated alkanes) is 1. The number of hydrogen-bond acceptors (Lipinski definition) is 5. The molecule has 1 aromatic carbocycles. The highest BCUT2D eigenvalue weighted by molar-refractivity contribution is 7.89. The van der Waals surface area contributed by atoms with Crippen LogP contribution in [-0.4, -0.2) is 62.7 Å². The van der Waals surface area contributed by atoms with Gasteiger partial charge in [-0.05, 0) is 38.3 Å². The molecule has 29 heavy (non-hydrogen) atoms. The number of ether oxygens (including phenoxy) is 1. The van der Waals surface area contributed by atoms with Crippen molar-refractivity contribution in [2.45, 2.75) is 44.6 Å². The molecule has 3 rings (SSSR count). The topological polar surface area (TPSA) is 121 Å². The fraction of sp³-hybridized carbons (Fsp3) is 0.611. The molecule has 0 saturated carbocycles. The molecule has 1 aliphatic heterocycles. The third kappa shape index (κ3) is 4.80. The van der Waals surface area contributed by atoms with Crippen LogP contribution in [-0.2, 0) is 37.8 Å². The number of benzene rings is 1. The number of aromatic nitrogens is 2. The molecule has 0 radical (unpaired) electrons. The molecule has 2 N–H and O–H groups in total. The third-order valence-electron chi connectivity index (χ3n) is 5.23. The lowest BCUT2D eigenvalue weighted by Crippen LogP contribution is -2.41. The number of rotatable bonds is 8. The molecule has 11 heteroatoms. The van der Waals surface area contributed by atoms with E-state index < -0.39 is 20.1 Å². The number of aryl methyl sites for hydroxylation is 3. The van der Waals surface area contributed by atoms with Gasteiger partial charge in [-0.15, -0.1) is 0 Å². The molecule has 1 fully saturated rings. The van der Waals surface area contributed by atoms with E-state index in [9.17, 15) is 16.8 Å². The van der Waals surface area contributed by atoms with Gasteiger partial charge in [0.25, 0.3) is 15.9 Å². The van der Waals surface area contributed by atoms with Crippen LogP contribution in [0.25, 0.3) is 11.0 Å². The first-order valence-electron chi connectivity index (χ1n) is 9.72. The van der Waals surface area contributed by atoms with Crippen LogP contribution in [0.15, 0.2) is 17.0 Å². The Morgan fingerprint density at radius 2 is 1.86 bits per heavy atom. The second-order valence-corrected chi connectivity index (χ2v) is 10.6. The van der Waals surface area contributed by atoms with Crippen LogP contribution >= 0.6 is 0 Å². The minimum absolute atomic E-state index is 0.239. The number of imidazole rings is 1. The van der Waals surface area contributed by atoms with E-state index in [1.165, 1.54) is 4.31 Å². The molecule has 0 unspecified atom stereocenters. The lowest BCUT2D eigenvalue weighted by atomic mass is 10.1. The molecule has 0 aliphatic carbocycles. The Bertz CT molecular complexity index is 1090. The minimum Gasteiger partial charge on any atom is -0.379 e. The number of nitrogens with one attached hydrogen (secondary N) is 1. The number of fused-ring (bicyclic) bond motifs is 1. The number of hydrogen-bond donors (Lipinski definition) is 2. The molecule has 9 nitrogen and oxygen atoms in total. The second-order valence-electron chi connectivity index (χ2n) is 7.15. The summed E-state index contributed by atoms with van der Waals surface area (Å²) in [5, 5.41) is 0. The summed E-state index contributed by atoms with van der Waals surface area (Å²) in [6, 6.07) is 3.46. The first-order valence-corrected chi connectivity index (χ1v) is 12.8. The van der Waals surface area contributed by atoms with E-state index >= 15 is 0 Å². The zero-order valence-electron chi connectivity index (χ0n) is 16.7. The predicted molar refractivity (Wildman–Crippen MR) is 108 cm³/mol. The summed E-state index contributed by atoms with van der Waals surface area (Å²) in [5.41, 5.74) is 2.32. The standard InChI is InChI=1S/C18H27N3O6S2/c1-3-21-14(2)19-18-15(6-4-5-13-28(22,23)24)17(8-7-16(18)21)29(25,26)20-9-11-27-12-10-20/h7-8H,3-6,9-13H2,1-2H3,(H,22,23,24)/p+1. The van der Waals surface area contributed by atoms with E-state index in [0.717, 1.165) is 23.4 Å². The lowest BCUT2D eigenvalue weighted by Gasteiger charge is -2.26. The van der Waals surface area contributed by atoms with Crippen LogP contribution in [0.5, 0.6) is 0 Å². The lowest BCUT2D eigenvalue weighted by molar-refractivity contribution is -0.673. The van der Waals surface area contributed by atoms with Crippen molar-refractivity contribution < 1.29 is 30.7 Å². The maximum absolute atomic E-state index is 13.3. The normalized spacial score (nSPS) is 16.5. The van der Waals surface area contributed by atoms with E-state index in [0.29, 0.717) is 44.7 Å². The fourth-order valence-corrected chi connectivity index (χ4v) is 6.05. The molecule has 0 atom stereocenters. The quantitative estimate of drug-likeness (QED) is 0.355. The van der Waals surface area contributed by atoms with E-state index in [1.807, 2.05) is 19.9 Å². The van der Waals surface area contributed by atoms with Crippen LogP contribution in [0.2, 0.25) is 0 Å². The molecule has 2 heterocycles. The predicted octanol–water partition coefficient (Wildman–Crippen LogP) is 1.02. The smallest absolute Gasteiger partial charge is 0.264 e. The Morgan fingerprint density at radius 1 is 1.17 bits per heavy atom. The Kier molecular flexibility index (Phi) is 6.64. The van der Waals surface area contributed by atoms with E-state index in [4.69, 9.17) is 9.29 Å². The van der Waals surface area contributed by atoms with Crippen LogP contribution in [0, 0.1) is 6.92 Å².